The van der Waals surface area contributed by atoms with Crippen molar-refractivity contribution in [2.24, 2.45) is 11.5 Å². The van der Waals surface area contributed by atoms with E-state index in [1.54, 1.807) is 0 Å². The highest BCUT2D eigenvalue weighted by Gasteiger charge is 2.12. The molecule has 4 N–H and O–H groups in total. The van der Waals surface area contributed by atoms with Gasteiger partial charge in [-0.1, -0.05) is 0 Å². The molecule has 0 rings (SSSR count). The van der Waals surface area contributed by atoms with Gasteiger partial charge in [0.25, 0.3) is 0 Å². The van der Waals surface area contributed by atoms with Gasteiger partial charge in [0.05, 0.1) is 0 Å². The van der Waals surface area contributed by atoms with Crippen molar-refractivity contribution in [3.8, 4) is 0 Å². The van der Waals surface area contributed by atoms with Gasteiger partial charge < -0.3 is 15.8 Å². The Kier molecular flexibility index (Phi) is 5.29. The lowest BCUT2D eigenvalue weighted by molar-refractivity contribution is -0.135. The van der Waals surface area contributed by atoms with Gasteiger partial charge in [0.2, 0.25) is 0 Å². The molecule has 1 atom stereocenters. The zero-order valence-electron chi connectivity index (χ0n) is 5.55. The third-order valence-electron chi connectivity index (χ3n) is 1.10. The monoisotopic (exact) mass is 166 g/mol. The lowest BCUT2D eigenvalue weighted by Gasteiger charge is -2.04. The second-order valence-corrected chi connectivity index (χ2v) is 2.09. The molecule has 0 heterocycles. The van der Waals surface area contributed by atoms with E-state index in [1.807, 2.05) is 0 Å². The maximum atomic E-state index is 10.5. The predicted octanol–water partition coefficient (Wildman–Crippen LogP) is -0.250. The quantitative estimate of drug-likeness (QED) is 0.604. The molecule has 0 aromatic rings. The normalized spacial score (nSPS) is 12.7. The van der Waals surface area contributed by atoms with Crippen molar-refractivity contribution in [3.05, 3.63) is 0 Å². The van der Waals surface area contributed by atoms with Crippen LogP contribution < -0.4 is 11.5 Å². The van der Waals surface area contributed by atoms with Crippen LogP contribution in [0.5, 0.6) is 0 Å². The van der Waals surface area contributed by atoms with Gasteiger partial charge in [-0.25, -0.2) is 4.79 Å². The Hall–Kier alpha value is -0.320. The summed E-state index contributed by atoms with van der Waals surface area (Å²) in [6, 6.07) is -0.638. The Morgan fingerprint density at radius 3 is 2.70 bits per heavy atom. The van der Waals surface area contributed by atoms with E-state index in [-0.39, 0.29) is 0 Å². The van der Waals surface area contributed by atoms with Crippen LogP contribution in [0.2, 0.25) is 0 Å². The topological polar surface area (TPSA) is 78.3 Å². The first-order valence-corrected chi connectivity index (χ1v) is 3.31. The van der Waals surface area contributed by atoms with Crippen LogP contribution in [0.15, 0.2) is 0 Å². The van der Waals surface area contributed by atoms with Crippen molar-refractivity contribution in [1.29, 1.82) is 0 Å². The van der Waals surface area contributed by atoms with E-state index in [4.69, 9.17) is 23.3 Å². The lowest BCUT2D eigenvalue weighted by atomic mass is 10.2. The molecule has 10 heavy (non-hydrogen) atoms. The Labute approximate surface area is 64.6 Å². The molecule has 60 valence electrons. The molecule has 0 fully saturated rings. The van der Waals surface area contributed by atoms with E-state index in [9.17, 15) is 4.79 Å². The number of hydrogen-bond acceptors (Lipinski definition) is 4. The summed E-state index contributed by atoms with van der Waals surface area (Å²) in [7, 11) is 0. The minimum absolute atomic E-state index is 0.516. The zero-order valence-corrected chi connectivity index (χ0v) is 6.30. The Balaban J connectivity index is 3.41. The van der Waals surface area contributed by atoms with Gasteiger partial charge in [0, 0.05) is 0 Å². The van der Waals surface area contributed by atoms with Crippen LogP contribution in [0.3, 0.4) is 0 Å². The number of carbonyl (C=O) groups is 1. The highest BCUT2D eigenvalue weighted by molar-refractivity contribution is 6.13. The predicted molar refractivity (Wildman–Crippen MR) is 38.2 cm³/mol. The molecule has 0 spiro atoms. The first-order chi connectivity index (χ1) is 4.72. The van der Waals surface area contributed by atoms with Crippen molar-refractivity contribution in [3.63, 3.8) is 0 Å². The van der Waals surface area contributed by atoms with Gasteiger partial charge in [0.15, 0.2) is 0 Å². The Bertz CT molecular complexity index is 110. The molecule has 0 aromatic carbocycles. The summed E-state index contributed by atoms with van der Waals surface area (Å²) in [6.45, 7) is 0.517. The van der Waals surface area contributed by atoms with Gasteiger partial charge in [-0.15, -0.1) is 0 Å². The van der Waals surface area contributed by atoms with Crippen molar-refractivity contribution in [2.75, 3.05) is 6.54 Å². The maximum Gasteiger partial charge on any atom is 0.341 e. The molecular formula is C5H11ClN2O2. The lowest BCUT2D eigenvalue weighted by Crippen LogP contribution is -2.31. The largest absolute Gasteiger partial charge is 0.346 e. The third kappa shape index (κ3) is 3.66. The third-order valence-corrected chi connectivity index (χ3v) is 1.25. The molecule has 0 saturated heterocycles. The summed E-state index contributed by atoms with van der Waals surface area (Å²) in [5.41, 5.74) is 10.5. The second kappa shape index (κ2) is 5.46. The maximum absolute atomic E-state index is 10.5. The van der Waals surface area contributed by atoms with Crippen LogP contribution >= 0.6 is 11.9 Å². The van der Waals surface area contributed by atoms with Crippen LogP contribution in [0.4, 0.5) is 0 Å². The van der Waals surface area contributed by atoms with Gasteiger partial charge in [0.1, 0.15) is 17.9 Å². The molecule has 0 saturated carbocycles. The smallest absolute Gasteiger partial charge is 0.341 e. The highest BCUT2D eigenvalue weighted by atomic mass is 35.5. The standard InChI is InChI=1S/C5H11ClN2O2/c6-10-5(9)4(8)2-1-3-7/h4H,1-3,7-8H2/t4-/m0/s1. The number of hydrogen-bond donors (Lipinski definition) is 2. The van der Waals surface area contributed by atoms with E-state index < -0.39 is 12.0 Å². The summed E-state index contributed by atoms with van der Waals surface area (Å²) >= 11 is 4.76. The van der Waals surface area contributed by atoms with E-state index in [2.05, 4.69) is 4.29 Å². The Morgan fingerprint density at radius 2 is 2.30 bits per heavy atom. The van der Waals surface area contributed by atoms with Gasteiger partial charge in [-0.2, -0.15) is 0 Å². The molecule has 0 aromatic heterocycles. The van der Waals surface area contributed by atoms with E-state index in [0.717, 1.165) is 0 Å². The molecule has 5 heteroatoms. The molecule has 0 bridgehead atoms. The minimum Gasteiger partial charge on any atom is -0.346 e. The van der Waals surface area contributed by atoms with Crippen LogP contribution in [-0.2, 0) is 9.08 Å². The van der Waals surface area contributed by atoms with E-state index in [1.165, 1.54) is 0 Å². The van der Waals surface area contributed by atoms with E-state index >= 15 is 0 Å². The van der Waals surface area contributed by atoms with Crippen molar-refractivity contribution >= 4 is 17.8 Å². The summed E-state index contributed by atoms with van der Waals surface area (Å²) in [6.07, 6.45) is 1.22. The van der Waals surface area contributed by atoms with Crippen molar-refractivity contribution in [1.82, 2.24) is 0 Å². The molecule has 0 unspecified atom stereocenters. The first-order valence-electron chi connectivity index (χ1n) is 3.00. The number of halogens is 1. The van der Waals surface area contributed by atoms with Crippen LogP contribution in [-0.4, -0.2) is 18.6 Å². The molecular weight excluding hydrogens is 156 g/mol. The van der Waals surface area contributed by atoms with Gasteiger partial charge in [-0.05, 0) is 19.4 Å². The van der Waals surface area contributed by atoms with Gasteiger partial charge >= 0.3 is 5.97 Å². The summed E-state index contributed by atoms with van der Waals surface area (Å²) in [5.74, 6) is -0.602. The molecule has 0 aliphatic rings. The Morgan fingerprint density at radius 1 is 1.70 bits per heavy atom. The molecule has 4 nitrogen and oxygen atoms in total. The first kappa shape index (κ1) is 9.68. The van der Waals surface area contributed by atoms with Crippen LogP contribution in [0, 0.1) is 0 Å². The fourth-order valence-corrected chi connectivity index (χ4v) is 0.627. The average Bonchev–Trinajstić information content (AvgIpc) is 1.98. The molecule has 0 aliphatic heterocycles. The summed E-state index contributed by atoms with van der Waals surface area (Å²) in [4.78, 5) is 10.5. The number of rotatable bonds is 4. The van der Waals surface area contributed by atoms with Crippen LogP contribution in [0.1, 0.15) is 12.8 Å². The molecule has 0 radical (unpaired) electrons. The highest BCUT2D eigenvalue weighted by Crippen LogP contribution is 1.96. The minimum atomic E-state index is -0.638. The fourth-order valence-electron chi connectivity index (χ4n) is 0.513. The van der Waals surface area contributed by atoms with Gasteiger partial charge in [-0.3, -0.25) is 0 Å². The van der Waals surface area contributed by atoms with E-state index in [0.29, 0.717) is 19.4 Å². The zero-order chi connectivity index (χ0) is 7.98. The fraction of sp³-hybridized carbons (Fsp3) is 0.800. The van der Waals surface area contributed by atoms with Crippen LogP contribution in [0.25, 0.3) is 0 Å². The number of carbonyl (C=O) groups excluding carboxylic acids is 1. The second-order valence-electron chi connectivity index (χ2n) is 1.93. The summed E-state index contributed by atoms with van der Waals surface area (Å²) < 4.78 is 3.88. The average molecular weight is 167 g/mol. The van der Waals surface area contributed by atoms with Crippen molar-refractivity contribution in [2.45, 2.75) is 18.9 Å². The summed E-state index contributed by atoms with van der Waals surface area (Å²) in [5, 5.41) is 0. The SMILES string of the molecule is NCCC[C@H](N)C(=O)OCl. The molecule has 0 amide bonds. The van der Waals surface area contributed by atoms with Crippen molar-refractivity contribution < 1.29 is 9.08 Å². The molecule has 0 aliphatic carbocycles. The number of nitrogens with two attached hydrogens (primary N) is 2.